The third-order valence-corrected chi connectivity index (χ3v) is 6.49. The van der Waals surface area contributed by atoms with Crippen LogP contribution in [0.4, 0.5) is 0 Å². The molecule has 1 saturated carbocycles. The Hall–Kier alpha value is -1.40. The maximum absolute atomic E-state index is 12.7. The van der Waals surface area contributed by atoms with Crippen LogP contribution in [0.25, 0.3) is 0 Å². The fraction of sp³-hybridized carbons (Fsp3) is 0.588. The molecule has 0 heterocycles. The minimum atomic E-state index is -3.71. The number of primary amides is 1. The van der Waals surface area contributed by atoms with Crippen LogP contribution in [0.15, 0.2) is 29.2 Å². The minimum absolute atomic E-state index is 0.215. The number of carbonyl (C=O) groups is 1. The molecule has 1 aromatic carbocycles. The normalized spacial score (nSPS) is 16.9. The van der Waals surface area contributed by atoms with E-state index in [0.29, 0.717) is 5.92 Å². The van der Waals surface area contributed by atoms with E-state index in [0.717, 1.165) is 4.31 Å². The van der Waals surface area contributed by atoms with Crippen LogP contribution in [0.5, 0.6) is 0 Å². The molecule has 1 amide bonds. The van der Waals surface area contributed by atoms with Gasteiger partial charge in [-0.05, 0) is 50.3 Å². The summed E-state index contributed by atoms with van der Waals surface area (Å²) in [5.41, 5.74) is 6.39. The van der Waals surface area contributed by atoms with Crippen molar-refractivity contribution in [2.75, 3.05) is 6.54 Å². The zero-order chi connectivity index (χ0) is 17.0. The molecule has 0 atom stereocenters. The van der Waals surface area contributed by atoms with E-state index in [1.807, 2.05) is 12.1 Å². The molecule has 2 N–H and O–H groups in total. The van der Waals surface area contributed by atoms with Crippen molar-refractivity contribution in [1.29, 1.82) is 0 Å². The summed E-state index contributed by atoms with van der Waals surface area (Å²) >= 11 is 0. The number of nitrogens with zero attached hydrogens (tertiary/aromatic N) is 1. The monoisotopic (exact) mass is 338 g/mol. The molecule has 6 heteroatoms. The highest BCUT2D eigenvalue weighted by Crippen LogP contribution is 2.33. The Morgan fingerprint density at radius 2 is 1.74 bits per heavy atom. The van der Waals surface area contributed by atoms with Gasteiger partial charge in [-0.3, -0.25) is 4.79 Å². The fourth-order valence-corrected chi connectivity index (χ4v) is 4.79. The first-order chi connectivity index (χ1) is 10.8. The first-order valence-electron chi connectivity index (χ1n) is 8.22. The molecule has 23 heavy (non-hydrogen) atoms. The molecule has 0 radical (unpaired) electrons. The average molecular weight is 338 g/mol. The molecular formula is C17H26N2O3S. The molecular weight excluding hydrogens is 312 g/mol. The van der Waals surface area contributed by atoms with Gasteiger partial charge in [0.05, 0.1) is 11.4 Å². The van der Waals surface area contributed by atoms with Gasteiger partial charge in [0.1, 0.15) is 0 Å². The molecule has 0 saturated heterocycles. The van der Waals surface area contributed by atoms with Crippen molar-refractivity contribution in [2.45, 2.75) is 62.8 Å². The van der Waals surface area contributed by atoms with Crippen molar-refractivity contribution < 1.29 is 13.2 Å². The Labute approximate surface area is 138 Å². The SMILES string of the molecule is CC(C)N(CC(N)=O)S(=O)(=O)c1ccc(C2CCCCC2)cc1. The number of rotatable bonds is 6. The number of sulfonamides is 1. The maximum atomic E-state index is 12.7. The van der Waals surface area contributed by atoms with Gasteiger partial charge < -0.3 is 5.73 Å². The molecule has 128 valence electrons. The van der Waals surface area contributed by atoms with E-state index >= 15 is 0 Å². The maximum Gasteiger partial charge on any atom is 0.243 e. The second kappa shape index (κ2) is 7.45. The number of amides is 1. The summed E-state index contributed by atoms with van der Waals surface area (Å²) in [7, 11) is -3.71. The molecule has 5 nitrogen and oxygen atoms in total. The van der Waals surface area contributed by atoms with Gasteiger partial charge in [-0.1, -0.05) is 31.4 Å². The molecule has 1 aliphatic rings. The Kier molecular flexibility index (Phi) is 5.81. The summed E-state index contributed by atoms with van der Waals surface area (Å²) in [6, 6.07) is 6.79. The number of carbonyl (C=O) groups excluding carboxylic acids is 1. The van der Waals surface area contributed by atoms with Crippen molar-refractivity contribution in [3.05, 3.63) is 29.8 Å². The number of hydrogen-bond donors (Lipinski definition) is 1. The van der Waals surface area contributed by atoms with E-state index in [2.05, 4.69) is 0 Å². The van der Waals surface area contributed by atoms with E-state index in [1.165, 1.54) is 37.7 Å². The van der Waals surface area contributed by atoms with Gasteiger partial charge in [0.2, 0.25) is 15.9 Å². The van der Waals surface area contributed by atoms with Crippen LogP contribution in [-0.4, -0.2) is 31.2 Å². The van der Waals surface area contributed by atoms with E-state index in [4.69, 9.17) is 5.73 Å². The Morgan fingerprint density at radius 3 is 2.22 bits per heavy atom. The van der Waals surface area contributed by atoms with Gasteiger partial charge in [0.25, 0.3) is 0 Å². The fourth-order valence-electron chi connectivity index (χ4n) is 3.18. The van der Waals surface area contributed by atoms with Crippen LogP contribution in [0.3, 0.4) is 0 Å². The summed E-state index contributed by atoms with van der Waals surface area (Å²) in [6.45, 7) is 3.16. The first-order valence-corrected chi connectivity index (χ1v) is 9.66. The molecule has 0 aromatic heterocycles. The van der Waals surface area contributed by atoms with E-state index in [1.54, 1.807) is 26.0 Å². The van der Waals surface area contributed by atoms with Crippen molar-refractivity contribution in [3.8, 4) is 0 Å². The quantitative estimate of drug-likeness (QED) is 0.866. The van der Waals surface area contributed by atoms with Crippen LogP contribution in [0, 0.1) is 0 Å². The molecule has 1 aliphatic carbocycles. The van der Waals surface area contributed by atoms with Crippen LogP contribution in [0.2, 0.25) is 0 Å². The van der Waals surface area contributed by atoms with Crippen LogP contribution < -0.4 is 5.73 Å². The van der Waals surface area contributed by atoms with Gasteiger partial charge in [-0.25, -0.2) is 8.42 Å². The number of nitrogens with two attached hydrogens (primary N) is 1. The smallest absolute Gasteiger partial charge is 0.243 e. The Morgan fingerprint density at radius 1 is 1.17 bits per heavy atom. The molecule has 2 rings (SSSR count). The largest absolute Gasteiger partial charge is 0.369 e. The highest BCUT2D eigenvalue weighted by atomic mass is 32.2. The lowest BCUT2D eigenvalue weighted by Crippen LogP contribution is -2.42. The predicted octanol–water partition coefficient (Wildman–Crippen LogP) is 2.62. The van der Waals surface area contributed by atoms with Crippen LogP contribution in [-0.2, 0) is 14.8 Å². The summed E-state index contributed by atoms with van der Waals surface area (Å²) in [4.78, 5) is 11.4. The van der Waals surface area contributed by atoms with Crippen molar-refractivity contribution in [1.82, 2.24) is 4.31 Å². The van der Waals surface area contributed by atoms with Crippen molar-refractivity contribution in [2.24, 2.45) is 5.73 Å². The highest BCUT2D eigenvalue weighted by molar-refractivity contribution is 7.89. The van der Waals surface area contributed by atoms with Crippen LogP contribution in [0.1, 0.15) is 57.4 Å². The summed E-state index contributed by atoms with van der Waals surface area (Å²) in [6.07, 6.45) is 6.12. The third kappa shape index (κ3) is 4.32. The van der Waals surface area contributed by atoms with E-state index in [-0.39, 0.29) is 17.5 Å². The lowest BCUT2D eigenvalue weighted by Gasteiger charge is -2.25. The predicted molar refractivity (Wildman–Crippen MR) is 90.5 cm³/mol. The van der Waals surface area contributed by atoms with E-state index < -0.39 is 15.9 Å². The lowest BCUT2D eigenvalue weighted by atomic mass is 9.84. The van der Waals surface area contributed by atoms with Gasteiger partial charge in [0.15, 0.2) is 0 Å². The second-order valence-corrected chi connectivity index (χ2v) is 8.40. The van der Waals surface area contributed by atoms with Gasteiger partial charge in [-0.2, -0.15) is 4.31 Å². The van der Waals surface area contributed by atoms with Crippen LogP contribution >= 0.6 is 0 Å². The minimum Gasteiger partial charge on any atom is -0.369 e. The zero-order valence-corrected chi connectivity index (χ0v) is 14.7. The molecule has 0 aliphatic heterocycles. The molecule has 1 aromatic rings. The lowest BCUT2D eigenvalue weighted by molar-refractivity contribution is -0.118. The molecule has 0 spiro atoms. The molecule has 0 bridgehead atoms. The van der Waals surface area contributed by atoms with Gasteiger partial charge >= 0.3 is 0 Å². The topological polar surface area (TPSA) is 80.5 Å². The van der Waals surface area contributed by atoms with E-state index in [9.17, 15) is 13.2 Å². The number of hydrogen-bond acceptors (Lipinski definition) is 3. The summed E-state index contributed by atoms with van der Waals surface area (Å²) in [5, 5.41) is 0. The summed E-state index contributed by atoms with van der Waals surface area (Å²) < 4.78 is 26.6. The molecule has 1 fully saturated rings. The Balaban J connectivity index is 2.23. The highest BCUT2D eigenvalue weighted by Gasteiger charge is 2.28. The zero-order valence-electron chi connectivity index (χ0n) is 13.9. The second-order valence-electron chi connectivity index (χ2n) is 6.51. The van der Waals surface area contributed by atoms with Crippen molar-refractivity contribution in [3.63, 3.8) is 0 Å². The van der Waals surface area contributed by atoms with Gasteiger partial charge in [-0.15, -0.1) is 0 Å². The third-order valence-electron chi connectivity index (χ3n) is 4.45. The average Bonchev–Trinajstić information content (AvgIpc) is 2.53. The first kappa shape index (κ1) is 17.9. The van der Waals surface area contributed by atoms with Gasteiger partial charge in [0, 0.05) is 6.04 Å². The number of benzene rings is 1. The van der Waals surface area contributed by atoms with Crippen molar-refractivity contribution >= 4 is 15.9 Å². The summed E-state index contributed by atoms with van der Waals surface area (Å²) in [5.74, 6) is -0.117. The Bertz CT molecular complexity index is 632. The molecule has 0 unspecified atom stereocenters. The standard InChI is InChI=1S/C17H26N2O3S/c1-13(2)19(12-17(18)20)23(21,22)16-10-8-15(9-11-16)14-6-4-3-5-7-14/h8-11,13-14H,3-7,12H2,1-2H3,(H2,18,20).